The van der Waals surface area contributed by atoms with E-state index in [9.17, 15) is 22.8 Å². The highest BCUT2D eigenvalue weighted by molar-refractivity contribution is 5.78. The predicted octanol–water partition coefficient (Wildman–Crippen LogP) is -0.319. The predicted molar refractivity (Wildman–Crippen MR) is 44.2 cm³/mol. The van der Waals surface area contributed by atoms with E-state index in [0.29, 0.717) is 4.90 Å². The summed E-state index contributed by atoms with van der Waals surface area (Å²) < 4.78 is 35.8. The molecule has 0 atom stereocenters. The van der Waals surface area contributed by atoms with Crippen molar-refractivity contribution in [1.82, 2.24) is 10.2 Å². The van der Waals surface area contributed by atoms with Gasteiger partial charge in [-0.1, -0.05) is 0 Å². The lowest BCUT2D eigenvalue weighted by Crippen LogP contribution is -2.43. The van der Waals surface area contributed by atoms with Gasteiger partial charge >= 0.3 is 12.1 Å². The molecule has 0 rings (SSSR count). The maximum Gasteiger partial charge on any atom is 0.401 e. The lowest BCUT2D eigenvalue weighted by molar-refractivity contribution is -0.155. The molecule has 5 nitrogen and oxygen atoms in total. The van der Waals surface area contributed by atoms with Crippen molar-refractivity contribution in [1.29, 1.82) is 0 Å². The van der Waals surface area contributed by atoms with Crippen LogP contribution >= 0.6 is 0 Å². The van der Waals surface area contributed by atoms with E-state index in [2.05, 4.69) is 5.32 Å². The first-order valence-corrected chi connectivity index (χ1v) is 3.96. The summed E-state index contributed by atoms with van der Waals surface area (Å²) in [6.07, 6.45) is -4.52. The summed E-state index contributed by atoms with van der Waals surface area (Å²) >= 11 is 0. The number of halogens is 3. The van der Waals surface area contributed by atoms with Crippen LogP contribution in [0.25, 0.3) is 0 Å². The highest BCUT2D eigenvalue weighted by Crippen LogP contribution is 2.15. The summed E-state index contributed by atoms with van der Waals surface area (Å²) in [7, 11) is 1.26. The zero-order chi connectivity index (χ0) is 12.1. The Morgan fingerprint density at radius 1 is 1.33 bits per heavy atom. The Bertz CT molecular complexity index is 242. The molecule has 1 amide bonds. The van der Waals surface area contributed by atoms with Gasteiger partial charge in [0.1, 0.15) is 0 Å². The third-order valence-electron chi connectivity index (χ3n) is 1.41. The van der Waals surface area contributed by atoms with Gasteiger partial charge in [0.15, 0.2) is 0 Å². The maximum atomic E-state index is 11.9. The molecule has 0 bridgehead atoms. The zero-order valence-corrected chi connectivity index (χ0v) is 7.97. The van der Waals surface area contributed by atoms with E-state index in [1.165, 1.54) is 7.05 Å². The molecule has 0 radical (unpaired) electrons. The fourth-order valence-electron chi connectivity index (χ4n) is 0.895. The third-order valence-corrected chi connectivity index (χ3v) is 1.41. The molecule has 0 spiro atoms. The van der Waals surface area contributed by atoms with Crippen LogP contribution in [0.4, 0.5) is 13.2 Å². The van der Waals surface area contributed by atoms with Crippen LogP contribution in [-0.4, -0.2) is 54.7 Å². The molecule has 0 unspecified atom stereocenters. The van der Waals surface area contributed by atoms with Crippen LogP contribution in [0.3, 0.4) is 0 Å². The Kier molecular flexibility index (Phi) is 5.06. The summed E-state index contributed by atoms with van der Waals surface area (Å²) in [5, 5.41) is 10.4. The van der Waals surface area contributed by atoms with Crippen molar-refractivity contribution in [3.8, 4) is 0 Å². The number of carbonyl (C=O) groups is 2. The van der Waals surface area contributed by atoms with Crippen molar-refractivity contribution >= 4 is 11.9 Å². The summed E-state index contributed by atoms with van der Waals surface area (Å²) in [6.45, 7) is -2.85. The van der Waals surface area contributed by atoms with Gasteiger partial charge in [-0.15, -0.1) is 0 Å². The minimum Gasteiger partial charge on any atom is -0.480 e. The highest BCUT2D eigenvalue weighted by atomic mass is 19.4. The number of nitrogens with one attached hydrogen (secondary N) is 1. The normalized spacial score (nSPS) is 11.5. The van der Waals surface area contributed by atoms with Crippen LogP contribution in [0.1, 0.15) is 0 Å². The summed E-state index contributed by atoms with van der Waals surface area (Å²) in [5.74, 6) is -2.08. The number of alkyl halides is 3. The summed E-state index contributed by atoms with van der Waals surface area (Å²) in [5.41, 5.74) is 0. The largest absolute Gasteiger partial charge is 0.480 e. The number of amides is 1. The summed E-state index contributed by atoms with van der Waals surface area (Å²) in [4.78, 5) is 21.5. The van der Waals surface area contributed by atoms with Crippen LogP contribution in [0.5, 0.6) is 0 Å². The molecule has 0 aromatic carbocycles. The van der Waals surface area contributed by atoms with Gasteiger partial charge in [0.2, 0.25) is 5.91 Å². The van der Waals surface area contributed by atoms with Crippen LogP contribution in [0.2, 0.25) is 0 Å². The Balaban J connectivity index is 4.31. The van der Waals surface area contributed by atoms with E-state index in [1.807, 2.05) is 0 Å². The molecule has 88 valence electrons. The van der Waals surface area contributed by atoms with Gasteiger partial charge in [0, 0.05) is 7.05 Å². The smallest absolute Gasteiger partial charge is 0.401 e. The van der Waals surface area contributed by atoms with Gasteiger partial charge < -0.3 is 10.4 Å². The average molecular weight is 228 g/mol. The number of likely N-dealkylation sites (N-methyl/N-ethyl adjacent to an activating group) is 1. The molecule has 0 fully saturated rings. The second-order valence-electron chi connectivity index (χ2n) is 2.83. The molecule has 0 aromatic heterocycles. The van der Waals surface area contributed by atoms with Crippen molar-refractivity contribution in [3.05, 3.63) is 0 Å². The molecule has 0 heterocycles. The molecule has 0 aliphatic heterocycles. The fourth-order valence-corrected chi connectivity index (χ4v) is 0.895. The van der Waals surface area contributed by atoms with Gasteiger partial charge in [-0.2, -0.15) is 13.2 Å². The number of carboxylic acids is 1. The molecule has 0 aliphatic rings. The maximum absolute atomic E-state index is 11.9. The number of aliphatic carboxylic acids is 1. The minimum atomic E-state index is -4.52. The van der Waals surface area contributed by atoms with Crippen molar-refractivity contribution in [3.63, 3.8) is 0 Å². The molecule has 0 aliphatic carbocycles. The number of hydrogen-bond donors (Lipinski definition) is 2. The number of nitrogens with zero attached hydrogens (tertiary/aromatic N) is 1. The molecule has 0 aromatic rings. The van der Waals surface area contributed by atoms with Crippen LogP contribution in [-0.2, 0) is 9.59 Å². The van der Waals surface area contributed by atoms with E-state index in [1.54, 1.807) is 0 Å². The number of hydrogen-bond acceptors (Lipinski definition) is 3. The quantitative estimate of drug-likeness (QED) is 0.676. The van der Waals surface area contributed by atoms with Gasteiger partial charge in [0.05, 0.1) is 19.6 Å². The monoisotopic (exact) mass is 228 g/mol. The van der Waals surface area contributed by atoms with Crippen LogP contribution in [0, 0.1) is 0 Å². The number of carbonyl (C=O) groups excluding carboxylic acids is 1. The Hall–Kier alpha value is -1.31. The first-order valence-electron chi connectivity index (χ1n) is 3.96. The molecular formula is C7H11F3N2O3. The van der Waals surface area contributed by atoms with Crippen LogP contribution in [0.15, 0.2) is 0 Å². The van der Waals surface area contributed by atoms with Crippen molar-refractivity contribution in [2.75, 3.05) is 26.7 Å². The average Bonchev–Trinajstić information content (AvgIpc) is 1.99. The first-order chi connectivity index (χ1) is 6.74. The van der Waals surface area contributed by atoms with Crippen LogP contribution < -0.4 is 5.32 Å². The van der Waals surface area contributed by atoms with E-state index in [0.717, 1.165) is 0 Å². The molecule has 15 heavy (non-hydrogen) atoms. The van der Waals surface area contributed by atoms with Crippen molar-refractivity contribution in [2.45, 2.75) is 6.18 Å². The Morgan fingerprint density at radius 3 is 2.20 bits per heavy atom. The van der Waals surface area contributed by atoms with Gasteiger partial charge in [-0.25, -0.2) is 0 Å². The molecule has 0 saturated heterocycles. The lowest BCUT2D eigenvalue weighted by Gasteiger charge is -2.20. The second kappa shape index (κ2) is 5.54. The standard InChI is InChI=1S/C7H11F3N2O3/c1-11-5(13)2-12(3-6(14)15)4-7(8,9)10/h2-4H2,1H3,(H,11,13)(H,14,15). The zero-order valence-electron chi connectivity index (χ0n) is 7.97. The topological polar surface area (TPSA) is 69.6 Å². The van der Waals surface area contributed by atoms with E-state index < -0.39 is 37.7 Å². The molecule has 2 N–H and O–H groups in total. The summed E-state index contributed by atoms with van der Waals surface area (Å²) in [6, 6.07) is 0. The minimum absolute atomic E-state index is 0.501. The molecule has 8 heteroatoms. The van der Waals surface area contributed by atoms with E-state index >= 15 is 0 Å². The van der Waals surface area contributed by atoms with E-state index in [-0.39, 0.29) is 0 Å². The molecule has 0 saturated carbocycles. The highest BCUT2D eigenvalue weighted by Gasteiger charge is 2.32. The van der Waals surface area contributed by atoms with E-state index in [4.69, 9.17) is 5.11 Å². The third kappa shape index (κ3) is 7.74. The number of rotatable bonds is 5. The SMILES string of the molecule is CNC(=O)CN(CC(=O)O)CC(F)(F)F. The van der Waals surface area contributed by atoms with Gasteiger partial charge in [-0.3, -0.25) is 14.5 Å². The lowest BCUT2D eigenvalue weighted by atomic mass is 10.4. The first kappa shape index (κ1) is 13.7. The Labute approximate surface area is 83.9 Å². The second-order valence-corrected chi connectivity index (χ2v) is 2.83. The number of carboxylic acid groups (broad SMARTS) is 1. The van der Waals surface area contributed by atoms with Crippen molar-refractivity contribution < 1.29 is 27.9 Å². The molecular weight excluding hydrogens is 217 g/mol. The van der Waals surface area contributed by atoms with Gasteiger partial charge in [0.25, 0.3) is 0 Å². The van der Waals surface area contributed by atoms with Crippen molar-refractivity contribution in [2.24, 2.45) is 0 Å². The Morgan fingerprint density at radius 2 is 1.87 bits per heavy atom. The van der Waals surface area contributed by atoms with Gasteiger partial charge in [-0.05, 0) is 0 Å². The fraction of sp³-hybridized carbons (Fsp3) is 0.714.